The molecule has 5 aliphatic rings. The number of primary amides is 1. The van der Waals surface area contributed by atoms with E-state index in [2.05, 4.69) is 32.5 Å². The third-order valence-corrected chi connectivity index (χ3v) is 17.1. The molecule has 6 heterocycles. The third kappa shape index (κ3) is 9.74. The van der Waals surface area contributed by atoms with E-state index in [0.29, 0.717) is 63.3 Å². The fourth-order valence-electron chi connectivity index (χ4n) is 12.6. The summed E-state index contributed by atoms with van der Waals surface area (Å²) in [5, 5.41) is 19.4. The number of nitrogens with one attached hydrogen (secondary N) is 2. The Kier molecular flexibility index (Phi) is 15.1. The fourth-order valence-corrected chi connectivity index (χ4v) is 12.8. The van der Waals surface area contributed by atoms with Gasteiger partial charge in [-0.3, -0.25) is 29.3 Å². The van der Waals surface area contributed by atoms with Crippen LogP contribution >= 0.6 is 11.6 Å². The zero-order chi connectivity index (χ0) is 53.7. The van der Waals surface area contributed by atoms with E-state index in [1.165, 1.54) is 21.7 Å². The van der Waals surface area contributed by atoms with Crippen molar-refractivity contribution in [2.24, 2.45) is 30.5 Å². The molecule has 76 heavy (non-hydrogen) atoms. The number of aliphatic hydroxyl groups is 1. The number of aromatic nitrogens is 3. The Morgan fingerprint density at radius 2 is 1.68 bits per heavy atom. The summed E-state index contributed by atoms with van der Waals surface area (Å²) in [6.45, 7) is 7.15. The minimum absolute atomic E-state index is 0.0187. The van der Waals surface area contributed by atoms with Crippen molar-refractivity contribution in [2.45, 2.75) is 88.7 Å². The lowest BCUT2D eigenvalue weighted by molar-refractivity contribution is -0.139. The zero-order valence-electron chi connectivity index (χ0n) is 42.7. The summed E-state index contributed by atoms with van der Waals surface area (Å²) in [7, 11) is 1.56. The highest BCUT2D eigenvalue weighted by molar-refractivity contribution is 6.34. The number of anilines is 1. The number of urea groups is 1. The molecule has 0 bridgehead atoms. The average Bonchev–Trinajstić information content (AvgIpc) is 3.89. The molecule has 5 N–H and O–H groups in total. The molecule has 4 atom stereocenters. The first-order chi connectivity index (χ1) is 36.5. The van der Waals surface area contributed by atoms with Crippen molar-refractivity contribution >= 4 is 52.1 Å². The van der Waals surface area contributed by atoms with Crippen LogP contribution in [0.15, 0.2) is 48.7 Å². The fraction of sp³-hybridized carbons (Fsp3) is 0.491. The minimum atomic E-state index is -1.15. The van der Waals surface area contributed by atoms with Crippen molar-refractivity contribution in [3.63, 3.8) is 0 Å². The van der Waals surface area contributed by atoms with Crippen LogP contribution in [0.4, 0.5) is 28.2 Å². The number of benzene rings is 3. The Hall–Kier alpha value is -6.35. The lowest BCUT2D eigenvalue weighted by Gasteiger charge is -2.42. The average molecular weight is 1070 g/mol. The van der Waals surface area contributed by atoms with Gasteiger partial charge in [-0.15, -0.1) is 0 Å². The second-order valence-corrected chi connectivity index (χ2v) is 21.5. The number of ether oxygens (including phenoxy) is 2. The molecule has 404 valence electrons. The Morgan fingerprint density at radius 1 is 0.947 bits per heavy atom. The number of fused-ring (bicyclic) bond motifs is 2. The maximum Gasteiger partial charge on any atom is 0.329 e. The van der Waals surface area contributed by atoms with Gasteiger partial charge in [-0.2, -0.15) is 5.10 Å². The van der Waals surface area contributed by atoms with Crippen LogP contribution in [0.1, 0.15) is 104 Å². The number of nitrogens with zero attached hydrogens (tertiary/aromatic N) is 6. The maximum absolute atomic E-state index is 16.4. The Labute approximate surface area is 442 Å². The molecular weight excluding hydrogens is 1010 g/mol. The molecule has 1 saturated carbocycles. The van der Waals surface area contributed by atoms with Crippen LogP contribution in [0, 0.1) is 41.0 Å². The van der Waals surface area contributed by atoms with Gasteiger partial charge in [0.2, 0.25) is 11.8 Å². The zero-order valence-corrected chi connectivity index (χ0v) is 43.4. The van der Waals surface area contributed by atoms with Crippen molar-refractivity contribution < 1.29 is 51.3 Å². The molecular formula is C55H62ClF4N9O7. The second kappa shape index (κ2) is 21.6. The van der Waals surface area contributed by atoms with Gasteiger partial charge in [-0.05, 0) is 87.4 Å². The summed E-state index contributed by atoms with van der Waals surface area (Å²) >= 11 is 6.70. The van der Waals surface area contributed by atoms with Gasteiger partial charge >= 0.3 is 6.03 Å². The first-order valence-electron chi connectivity index (χ1n) is 26.2. The van der Waals surface area contributed by atoms with Crippen LogP contribution in [-0.2, 0) is 22.2 Å². The molecule has 2 aromatic heterocycles. The monoisotopic (exact) mass is 1070 g/mol. The van der Waals surface area contributed by atoms with Gasteiger partial charge in [0.15, 0.2) is 23.1 Å². The highest BCUT2D eigenvalue weighted by Gasteiger charge is 2.51. The Balaban J connectivity index is 0.749. The number of halogens is 5. The first-order valence-corrected chi connectivity index (χ1v) is 26.6. The lowest BCUT2D eigenvalue weighted by atomic mass is 9.77. The standard InChI is InChI=1S/C55H62ClF4N9O7/c1-29-26-68(19-15-33(29)27-67-17-13-31(14-18-67)43-38(57)23-36-49(47(43)59)66(3)65-51(36)69-20-16-41(71)64-54(69)74)53(73)32-9-11-35(12-10-32)63-28-55(34-7-5-4-6-8-34)30(2)42-40(76-55)24-39(58)46(56)45(42)44-37(50(61)72)25-62-52(48(44)60)75-22-21-70/h4-8,23-25,29-33,35,63,70H,9-22,26-28H2,1-3H3,(H2,61,72)(H,64,71,74)/t29-,30+,32?,33-,35?,55+/m1/s1. The molecule has 21 heteroatoms. The van der Waals surface area contributed by atoms with Crippen molar-refractivity contribution in [3.05, 3.63) is 99.2 Å². The number of amides is 5. The molecule has 4 fully saturated rings. The number of nitrogens with two attached hydrogens (primary N) is 1. The van der Waals surface area contributed by atoms with Crippen LogP contribution in [0.5, 0.6) is 11.6 Å². The summed E-state index contributed by atoms with van der Waals surface area (Å²) in [6.07, 6.45) is 5.91. The van der Waals surface area contributed by atoms with Gasteiger partial charge in [-0.1, -0.05) is 55.8 Å². The van der Waals surface area contributed by atoms with E-state index in [1.807, 2.05) is 42.2 Å². The molecule has 1 aliphatic carbocycles. The topological polar surface area (TPSA) is 197 Å². The number of pyridine rings is 1. The summed E-state index contributed by atoms with van der Waals surface area (Å²) in [5.74, 6) is -5.38. The number of piperidine rings is 2. The number of carbonyl (C=O) groups excluding carboxylic acids is 4. The molecule has 4 aliphatic heterocycles. The van der Waals surface area contributed by atoms with E-state index in [9.17, 15) is 24.3 Å². The molecule has 0 radical (unpaired) electrons. The number of hydrogen-bond donors (Lipinski definition) is 4. The SMILES string of the molecule is C[C@@H]1CN(C(=O)C2CCC(NC[C@]3(c4ccccc4)Oc4cc(F)c(Cl)c(-c5c(C(N)=O)cnc(OCCO)c5F)c4[C@@H]3C)CC2)CC[C@@H]1CN1CCC(c2c(F)cc3c(N4CCC(=O)NC4=O)nn(C)c3c2F)CC1. The molecule has 10 rings (SSSR count). The van der Waals surface area contributed by atoms with Crippen molar-refractivity contribution in [1.82, 2.24) is 35.2 Å². The van der Waals surface area contributed by atoms with E-state index in [0.717, 1.165) is 37.6 Å². The number of hydrogen-bond acceptors (Lipinski definition) is 11. The Bertz CT molecular complexity index is 3080. The van der Waals surface area contributed by atoms with Crippen molar-refractivity contribution in [1.29, 1.82) is 0 Å². The number of likely N-dealkylation sites (tertiary alicyclic amines) is 2. The minimum Gasteiger partial charge on any atom is -0.480 e. The van der Waals surface area contributed by atoms with Gasteiger partial charge in [0.05, 0.1) is 22.6 Å². The van der Waals surface area contributed by atoms with Crippen LogP contribution in [0.3, 0.4) is 0 Å². The van der Waals surface area contributed by atoms with Crippen molar-refractivity contribution in [3.8, 4) is 22.8 Å². The van der Waals surface area contributed by atoms with E-state index in [-0.39, 0.29) is 101 Å². The van der Waals surface area contributed by atoms with Crippen LogP contribution in [0.2, 0.25) is 5.02 Å². The number of imide groups is 1. The van der Waals surface area contributed by atoms with Gasteiger partial charge in [0, 0.05) is 98.6 Å². The summed E-state index contributed by atoms with van der Waals surface area (Å²) in [5.41, 5.74) is 5.01. The molecule has 3 aromatic carbocycles. The molecule has 0 spiro atoms. The summed E-state index contributed by atoms with van der Waals surface area (Å²) in [6, 6.07) is 11.2. The largest absolute Gasteiger partial charge is 0.480 e. The highest BCUT2D eigenvalue weighted by Crippen LogP contribution is 2.56. The predicted octanol–water partition coefficient (Wildman–Crippen LogP) is 7.67. The molecule has 3 saturated heterocycles. The normalized spacial score (nSPS) is 24.4. The number of aryl methyl sites for hydroxylation is 1. The van der Waals surface area contributed by atoms with E-state index >= 15 is 17.6 Å². The third-order valence-electron chi connectivity index (χ3n) is 16.7. The summed E-state index contributed by atoms with van der Waals surface area (Å²) < 4.78 is 77.9. The second-order valence-electron chi connectivity index (χ2n) is 21.1. The van der Waals surface area contributed by atoms with Gasteiger partial charge in [0.1, 0.15) is 29.5 Å². The maximum atomic E-state index is 16.4. The molecule has 5 amide bonds. The predicted molar refractivity (Wildman–Crippen MR) is 275 cm³/mol. The smallest absolute Gasteiger partial charge is 0.329 e. The van der Waals surface area contributed by atoms with Crippen LogP contribution in [-0.4, -0.2) is 118 Å². The summed E-state index contributed by atoms with van der Waals surface area (Å²) in [4.78, 5) is 60.7. The molecule has 5 aromatic rings. The molecule has 16 nitrogen and oxygen atoms in total. The number of carbonyl (C=O) groups is 4. The van der Waals surface area contributed by atoms with E-state index in [4.69, 9.17) is 26.8 Å². The Morgan fingerprint density at radius 3 is 2.37 bits per heavy atom. The van der Waals surface area contributed by atoms with Gasteiger partial charge in [-0.25, -0.2) is 27.3 Å². The van der Waals surface area contributed by atoms with Gasteiger partial charge in [0.25, 0.3) is 11.8 Å². The van der Waals surface area contributed by atoms with Crippen LogP contribution < -0.4 is 30.7 Å². The van der Waals surface area contributed by atoms with E-state index < -0.39 is 70.1 Å². The van der Waals surface area contributed by atoms with Crippen LogP contribution in [0.25, 0.3) is 22.0 Å². The first kappa shape index (κ1) is 53.1. The lowest BCUT2D eigenvalue weighted by Crippen LogP contribution is -2.50. The number of aliphatic hydroxyl groups excluding tert-OH is 1. The van der Waals surface area contributed by atoms with E-state index in [1.54, 1.807) is 7.05 Å². The van der Waals surface area contributed by atoms with Crippen molar-refractivity contribution in [2.75, 3.05) is 63.9 Å². The number of rotatable bonds is 14. The quantitative estimate of drug-likeness (QED) is 0.0797. The van der Waals surface area contributed by atoms with Gasteiger partial charge < -0.3 is 35.4 Å². The highest BCUT2D eigenvalue weighted by atomic mass is 35.5. The molecule has 0 unspecified atom stereocenters.